The number of hydrogen-bond acceptors (Lipinski definition) is 4. The zero-order chi connectivity index (χ0) is 34.8. The average molecular weight is 667 g/mol. The van der Waals surface area contributed by atoms with Crippen LogP contribution < -0.4 is 9.47 Å². The highest BCUT2D eigenvalue weighted by molar-refractivity contribution is 7.91. The van der Waals surface area contributed by atoms with Crippen LogP contribution in [0.4, 0.5) is 0 Å². The van der Waals surface area contributed by atoms with Gasteiger partial charge in [-0.05, 0) is 101 Å². The van der Waals surface area contributed by atoms with Gasteiger partial charge >= 0.3 is 0 Å². The van der Waals surface area contributed by atoms with E-state index in [1.165, 1.54) is 33.4 Å². The first kappa shape index (κ1) is 33.8. The van der Waals surface area contributed by atoms with E-state index in [-0.39, 0.29) is 20.6 Å². The third-order valence-corrected chi connectivity index (χ3v) is 11.4. The Labute approximate surface area is 290 Å². The van der Waals surface area contributed by atoms with Crippen LogP contribution >= 0.6 is 0 Å². The predicted octanol–water partition coefficient (Wildman–Crippen LogP) is 10.9. The fraction of sp³-hybridized carbons (Fsp3) is 0.182. The summed E-state index contributed by atoms with van der Waals surface area (Å²) in [5.41, 5.74) is 8.33. The Kier molecular flexibility index (Phi) is 9.24. The zero-order valence-electron chi connectivity index (χ0n) is 28.9. The number of rotatable bonds is 10. The molecule has 0 aliphatic heterocycles. The third-order valence-electron chi connectivity index (χ3n) is 9.64. The molecule has 0 fully saturated rings. The molecule has 0 atom stereocenters. The van der Waals surface area contributed by atoms with Gasteiger partial charge in [0.15, 0.2) is 0 Å². The standard InChI is InChI=1S/C44H42O4S/c1-31-7-13-34(14-8-31)43(2,3)35-15-9-32(10-16-35)33-11-17-36(18-12-33)44(4,5)37-19-21-39(22-20-37)48-40-25-29-42(30-26-40)49(45,46)41-27-23-38(47-6)24-28-41/h7-30H,1-6H3. The van der Waals surface area contributed by atoms with Crippen LogP contribution in [-0.4, -0.2) is 15.5 Å². The molecule has 4 nitrogen and oxygen atoms in total. The van der Waals surface area contributed by atoms with Crippen molar-refractivity contribution in [2.45, 2.75) is 55.2 Å². The molecular formula is C44H42O4S. The van der Waals surface area contributed by atoms with E-state index in [1.807, 2.05) is 12.1 Å². The van der Waals surface area contributed by atoms with E-state index in [2.05, 4.69) is 120 Å². The number of hydrogen-bond donors (Lipinski definition) is 0. The highest BCUT2D eigenvalue weighted by Gasteiger charge is 2.25. The minimum absolute atomic E-state index is 0.0765. The lowest BCUT2D eigenvalue weighted by molar-refractivity contribution is 0.414. The molecule has 49 heavy (non-hydrogen) atoms. The summed E-state index contributed by atoms with van der Waals surface area (Å²) >= 11 is 0. The van der Waals surface area contributed by atoms with Crippen molar-refractivity contribution < 1.29 is 17.9 Å². The fourth-order valence-corrected chi connectivity index (χ4v) is 7.38. The van der Waals surface area contributed by atoms with Gasteiger partial charge in [-0.1, -0.05) is 118 Å². The van der Waals surface area contributed by atoms with Gasteiger partial charge in [0.25, 0.3) is 0 Å². The van der Waals surface area contributed by atoms with Crippen molar-refractivity contribution in [3.63, 3.8) is 0 Å². The highest BCUT2D eigenvalue weighted by Crippen LogP contribution is 2.36. The maximum absolute atomic E-state index is 13.1. The average Bonchev–Trinajstić information content (AvgIpc) is 3.12. The van der Waals surface area contributed by atoms with E-state index in [4.69, 9.17) is 9.47 Å². The van der Waals surface area contributed by atoms with Crippen LogP contribution in [0.1, 0.15) is 55.5 Å². The van der Waals surface area contributed by atoms with E-state index in [1.54, 1.807) is 55.6 Å². The minimum atomic E-state index is -3.65. The van der Waals surface area contributed by atoms with E-state index < -0.39 is 9.84 Å². The summed E-state index contributed by atoms with van der Waals surface area (Å²) < 4.78 is 37.3. The van der Waals surface area contributed by atoms with Crippen LogP contribution in [0.25, 0.3) is 11.1 Å². The first-order valence-electron chi connectivity index (χ1n) is 16.4. The molecule has 0 aliphatic rings. The third kappa shape index (κ3) is 7.04. The van der Waals surface area contributed by atoms with Gasteiger partial charge in [-0.15, -0.1) is 0 Å². The molecule has 0 amide bonds. The van der Waals surface area contributed by atoms with Crippen LogP contribution in [0, 0.1) is 6.92 Å². The van der Waals surface area contributed by atoms with Gasteiger partial charge in [-0.25, -0.2) is 8.42 Å². The molecule has 0 aliphatic carbocycles. The van der Waals surface area contributed by atoms with Crippen LogP contribution in [-0.2, 0) is 20.7 Å². The van der Waals surface area contributed by atoms with Gasteiger partial charge in [-0.2, -0.15) is 0 Å². The maximum Gasteiger partial charge on any atom is 0.206 e. The molecule has 6 aromatic carbocycles. The normalized spacial score (nSPS) is 12.0. The molecule has 0 N–H and O–H groups in total. The summed E-state index contributed by atoms with van der Waals surface area (Å²) in [6.07, 6.45) is 0. The van der Waals surface area contributed by atoms with Gasteiger partial charge < -0.3 is 9.47 Å². The summed E-state index contributed by atoms with van der Waals surface area (Å²) in [6, 6.07) is 47.5. The van der Waals surface area contributed by atoms with Gasteiger partial charge in [0.2, 0.25) is 9.84 Å². The van der Waals surface area contributed by atoms with E-state index >= 15 is 0 Å². The molecular weight excluding hydrogens is 625 g/mol. The number of aryl methyl sites for hydroxylation is 1. The summed E-state index contributed by atoms with van der Waals surface area (Å²) in [4.78, 5) is 0.411. The largest absolute Gasteiger partial charge is 0.497 e. The Morgan fingerprint density at radius 3 is 1.10 bits per heavy atom. The van der Waals surface area contributed by atoms with Crippen molar-refractivity contribution in [1.82, 2.24) is 0 Å². The second kappa shape index (κ2) is 13.4. The smallest absolute Gasteiger partial charge is 0.206 e. The molecule has 248 valence electrons. The second-order valence-electron chi connectivity index (χ2n) is 13.5. The molecule has 6 aromatic rings. The number of methoxy groups -OCH3 is 1. The molecule has 0 radical (unpaired) electrons. The second-order valence-corrected chi connectivity index (χ2v) is 15.5. The Morgan fingerprint density at radius 2 is 0.735 bits per heavy atom. The van der Waals surface area contributed by atoms with Crippen LogP contribution in [0.3, 0.4) is 0 Å². The number of ether oxygens (including phenoxy) is 2. The quantitative estimate of drug-likeness (QED) is 0.146. The van der Waals surface area contributed by atoms with Gasteiger partial charge in [0.1, 0.15) is 17.2 Å². The van der Waals surface area contributed by atoms with Crippen molar-refractivity contribution >= 4 is 9.84 Å². The first-order chi connectivity index (χ1) is 23.4. The van der Waals surface area contributed by atoms with Crippen LogP contribution in [0.5, 0.6) is 17.2 Å². The topological polar surface area (TPSA) is 52.6 Å². The summed E-state index contributed by atoms with van der Waals surface area (Å²) in [5, 5.41) is 0. The Balaban J connectivity index is 1.11. The molecule has 0 unspecified atom stereocenters. The molecule has 0 bridgehead atoms. The molecule has 0 spiro atoms. The Bertz CT molecular complexity index is 2130. The maximum atomic E-state index is 13.1. The van der Waals surface area contributed by atoms with E-state index in [0.29, 0.717) is 17.2 Å². The van der Waals surface area contributed by atoms with Crippen LogP contribution in [0.2, 0.25) is 0 Å². The summed E-state index contributed by atoms with van der Waals surface area (Å²) in [5.74, 6) is 1.84. The lowest BCUT2D eigenvalue weighted by atomic mass is 9.77. The molecule has 0 heterocycles. The summed E-state index contributed by atoms with van der Waals surface area (Å²) in [6.45, 7) is 11.1. The van der Waals surface area contributed by atoms with Crippen molar-refractivity contribution in [3.8, 4) is 28.4 Å². The first-order valence-corrected chi connectivity index (χ1v) is 17.9. The van der Waals surface area contributed by atoms with Gasteiger partial charge in [0.05, 0.1) is 16.9 Å². The van der Waals surface area contributed by atoms with Crippen molar-refractivity contribution in [2.24, 2.45) is 0 Å². The number of sulfone groups is 1. The van der Waals surface area contributed by atoms with Crippen molar-refractivity contribution in [1.29, 1.82) is 0 Å². The monoisotopic (exact) mass is 666 g/mol. The molecule has 0 aromatic heterocycles. The zero-order valence-corrected chi connectivity index (χ0v) is 29.7. The molecule has 0 saturated heterocycles. The van der Waals surface area contributed by atoms with Crippen LogP contribution in [0.15, 0.2) is 155 Å². The van der Waals surface area contributed by atoms with Gasteiger partial charge in [-0.3, -0.25) is 0 Å². The number of benzene rings is 6. The van der Waals surface area contributed by atoms with E-state index in [0.717, 1.165) is 5.56 Å². The highest BCUT2D eigenvalue weighted by atomic mass is 32.2. The fourth-order valence-electron chi connectivity index (χ4n) is 6.12. The van der Waals surface area contributed by atoms with E-state index in [9.17, 15) is 8.42 Å². The Morgan fingerprint density at radius 1 is 0.429 bits per heavy atom. The molecule has 0 saturated carbocycles. The lowest BCUT2D eigenvalue weighted by Crippen LogP contribution is -2.19. The molecule has 6 rings (SSSR count). The van der Waals surface area contributed by atoms with Gasteiger partial charge in [0, 0.05) is 10.8 Å². The molecule has 5 heteroatoms. The lowest BCUT2D eigenvalue weighted by Gasteiger charge is -2.27. The van der Waals surface area contributed by atoms with Crippen molar-refractivity contribution in [3.05, 3.63) is 173 Å². The minimum Gasteiger partial charge on any atom is -0.497 e. The van der Waals surface area contributed by atoms with Crippen molar-refractivity contribution in [2.75, 3.05) is 7.11 Å². The Hall–Kier alpha value is -5.13. The summed E-state index contributed by atoms with van der Waals surface area (Å²) in [7, 11) is -2.10. The predicted molar refractivity (Wildman–Crippen MR) is 199 cm³/mol. The SMILES string of the molecule is COc1ccc(S(=O)(=O)c2ccc(Oc3ccc(C(C)(C)c4ccc(-c5ccc(C(C)(C)c6ccc(C)cc6)cc5)cc4)cc3)cc2)cc1.